The van der Waals surface area contributed by atoms with Crippen LogP contribution < -0.4 is 5.32 Å². The molecule has 1 N–H and O–H groups in total. The minimum Gasteiger partial charge on any atom is -0.374 e. The van der Waals surface area contributed by atoms with Gasteiger partial charge in [0, 0.05) is 33.2 Å². The highest BCUT2D eigenvalue weighted by molar-refractivity contribution is 7.07. The summed E-state index contributed by atoms with van der Waals surface area (Å²) < 4.78 is 5.65. The quantitative estimate of drug-likeness (QED) is 0.836. The molecule has 20 heavy (non-hydrogen) atoms. The SMILES string of the molecule is CN(CC(=O)N(C)Cc1ccsc1)CC1CNCCO1. The lowest BCUT2D eigenvalue weighted by molar-refractivity contribution is -0.131. The van der Waals surface area contributed by atoms with Gasteiger partial charge in [-0.05, 0) is 29.4 Å². The molecule has 1 unspecified atom stereocenters. The van der Waals surface area contributed by atoms with Crippen LogP contribution in [0.15, 0.2) is 16.8 Å². The third-order valence-corrected chi connectivity index (χ3v) is 4.08. The third kappa shape index (κ3) is 4.86. The number of carbonyl (C=O) groups excluding carboxylic acids is 1. The van der Waals surface area contributed by atoms with Gasteiger partial charge in [0.05, 0.1) is 19.3 Å². The van der Waals surface area contributed by atoms with E-state index >= 15 is 0 Å². The molecule has 1 amide bonds. The number of hydrogen-bond acceptors (Lipinski definition) is 5. The molecular weight excluding hydrogens is 274 g/mol. The first kappa shape index (κ1) is 15.4. The van der Waals surface area contributed by atoms with E-state index in [1.54, 1.807) is 16.2 Å². The fraction of sp³-hybridized carbons (Fsp3) is 0.643. The highest BCUT2D eigenvalue weighted by atomic mass is 32.1. The van der Waals surface area contributed by atoms with Crippen LogP contribution in [0, 0.1) is 0 Å². The zero-order chi connectivity index (χ0) is 14.4. The first-order valence-corrected chi connectivity index (χ1v) is 7.85. The van der Waals surface area contributed by atoms with E-state index in [1.807, 2.05) is 24.4 Å². The van der Waals surface area contributed by atoms with Crippen molar-refractivity contribution in [2.75, 3.05) is 46.9 Å². The van der Waals surface area contributed by atoms with E-state index < -0.39 is 0 Å². The number of morpholine rings is 1. The van der Waals surface area contributed by atoms with Gasteiger partial charge in [-0.1, -0.05) is 0 Å². The smallest absolute Gasteiger partial charge is 0.236 e. The van der Waals surface area contributed by atoms with Crippen molar-refractivity contribution >= 4 is 17.2 Å². The Labute approximate surface area is 124 Å². The molecule has 1 saturated heterocycles. The van der Waals surface area contributed by atoms with Crippen molar-refractivity contribution in [3.63, 3.8) is 0 Å². The van der Waals surface area contributed by atoms with E-state index in [2.05, 4.69) is 16.8 Å². The van der Waals surface area contributed by atoms with E-state index in [0.29, 0.717) is 13.1 Å². The number of likely N-dealkylation sites (N-methyl/N-ethyl adjacent to an activating group) is 2. The summed E-state index contributed by atoms with van der Waals surface area (Å²) in [5, 5.41) is 7.41. The molecular formula is C14H23N3O2S. The second kappa shape index (κ2) is 7.73. The summed E-state index contributed by atoms with van der Waals surface area (Å²) in [6, 6.07) is 2.06. The van der Waals surface area contributed by atoms with Crippen LogP contribution in [0.25, 0.3) is 0 Å². The van der Waals surface area contributed by atoms with Crippen LogP contribution in [0.5, 0.6) is 0 Å². The van der Waals surface area contributed by atoms with Crippen LogP contribution in [0.1, 0.15) is 5.56 Å². The molecule has 0 spiro atoms. The molecule has 0 bridgehead atoms. The Morgan fingerprint density at radius 1 is 1.55 bits per heavy atom. The topological polar surface area (TPSA) is 44.8 Å². The van der Waals surface area contributed by atoms with Crippen molar-refractivity contribution in [3.05, 3.63) is 22.4 Å². The molecule has 1 atom stereocenters. The van der Waals surface area contributed by atoms with Gasteiger partial charge in [0.1, 0.15) is 0 Å². The van der Waals surface area contributed by atoms with E-state index in [1.165, 1.54) is 5.56 Å². The molecule has 0 saturated carbocycles. The summed E-state index contributed by atoms with van der Waals surface area (Å²) in [4.78, 5) is 16.0. The van der Waals surface area contributed by atoms with Gasteiger partial charge in [-0.15, -0.1) is 0 Å². The van der Waals surface area contributed by atoms with E-state index in [4.69, 9.17) is 4.74 Å². The zero-order valence-corrected chi connectivity index (χ0v) is 13.0. The molecule has 1 aliphatic rings. The molecule has 112 valence electrons. The summed E-state index contributed by atoms with van der Waals surface area (Å²) >= 11 is 1.66. The highest BCUT2D eigenvalue weighted by Crippen LogP contribution is 2.08. The zero-order valence-electron chi connectivity index (χ0n) is 12.2. The number of nitrogens with one attached hydrogen (secondary N) is 1. The summed E-state index contributed by atoms with van der Waals surface area (Å²) in [7, 11) is 3.82. The van der Waals surface area contributed by atoms with Crippen LogP contribution >= 0.6 is 11.3 Å². The molecule has 2 heterocycles. The Balaban J connectivity index is 1.72. The number of nitrogens with zero attached hydrogens (tertiary/aromatic N) is 2. The summed E-state index contributed by atoms with van der Waals surface area (Å²) in [6.07, 6.45) is 0.184. The monoisotopic (exact) mass is 297 g/mol. The van der Waals surface area contributed by atoms with Gasteiger partial charge in [-0.3, -0.25) is 9.69 Å². The molecule has 5 nitrogen and oxygen atoms in total. The fourth-order valence-corrected chi connectivity index (χ4v) is 2.91. The first-order chi connectivity index (χ1) is 9.65. The Kier molecular flexibility index (Phi) is 5.97. The number of hydrogen-bond donors (Lipinski definition) is 1. The van der Waals surface area contributed by atoms with Crippen molar-refractivity contribution < 1.29 is 9.53 Å². The van der Waals surface area contributed by atoms with Crippen LogP contribution in [0.2, 0.25) is 0 Å². The van der Waals surface area contributed by atoms with Crippen molar-refractivity contribution in [2.24, 2.45) is 0 Å². The van der Waals surface area contributed by atoms with Gasteiger partial charge in [-0.25, -0.2) is 0 Å². The van der Waals surface area contributed by atoms with Crippen LogP contribution in [0.4, 0.5) is 0 Å². The van der Waals surface area contributed by atoms with E-state index in [0.717, 1.165) is 26.2 Å². The Bertz CT molecular complexity index is 405. The Hall–Kier alpha value is -0.950. The van der Waals surface area contributed by atoms with Gasteiger partial charge < -0.3 is 15.0 Å². The number of ether oxygens (including phenoxy) is 1. The predicted octanol–water partition coefficient (Wildman–Crippen LogP) is 0.627. The summed E-state index contributed by atoms with van der Waals surface area (Å²) in [6.45, 7) is 4.43. The van der Waals surface area contributed by atoms with Crippen LogP contribution in [0.3, 0.4) is 0 Å². The maximum absolute atomic E-state index is 12.2. The lowest BCUT2D eigenvalue weighted by Gasteiger charge is -2.28. The molecule has 1 aromatic heterocycles. The average Bonchev–Trinajstić information content (AvgIpc) is 2.92. The predicted molar refractivity (Wildman–Crippen MR) is 80.9 cm³/mol. The second-order valence-electron chi connectivity index (χ2n) is 5.28. The lowest BCUT2D eigenvalue weighted by atomic mass is 10.3. The summed E-state index contributed by atoms with van der Waals surface area (Å²) in [5.74, 6) is 0.141. The number of amides is 1. The largest absolute Gasteiger partial charge is 0.374 e. The third-order valence-electron chi connectivity index (χ3n) is 3.35. The molecule has 6 heteroatoms. The van der Waals surface area contributed by atoms with E-state index in [-0.39, 0.29) is 12.0 Å². The van der Waals surface area contributed by atoms with Gasteiger partial charge in [-0.2, -0.15) is 11.3 Å². The van der Waals surface area contributed by atoms with Gasteiger partial charge in [0.25, 0.3) is 0 Å². The average molecular weight is 297 g/mol. The minimum atomic E-state index is 0.141. The molecule has 2 rings (SSSR count). The molecule has 1 aliphatic heterocycles. The molecule has 0 aliphatic carbocycles. The normalized spacial score (nSPS) is 19.2. The number of rotatable bonds is 6. The maximum atomic E-state index is 12.2. The maximum Gasteiger partial charge on any atom is 0.236 e. The van der Waals surface area contributed by atoms with E-state index in [9.17, 15) is 4.79 Å². The molecule has 1 fully saturated rings. The van der Waals surface area contributed by atoms with Crippen molar-refractivity contribution in [1.82, 2.24) is 15.1 Å². The fourth-order valence-electron chi connectivity index (χ4n) is 2.25. The Morgan fingerprint density at radius 2 is 2.40 bits per heavy atom. The first-order valence-electron chi connectivity index (χ1n) is 6.91. The summed E-state index contributed by atoms with van der Waals surface area (Å²) in [5.41, 5.74) is 1.19. The molecule has 1 aromatic rings. The van der Waals surface area contributed by atoms with Crippen molar-refractivity contribution in [2.45, 2.75) is 12.6 Å². The molecule has 0 radical (unpaired) electrons. The number of carbonyl (C=O) groups is 1. The van der Waals surface area contributed by atoms with Crippen LogP contribution in [-0.4, -0.2) is 68.7 Å². The van der Waals surface area contributed by atoms with Gasteiger partial charge in [0.2, 0.25) is 5.91 Å². The van der Waals surface area contributed by atoms with Gasteiger partial charge in [0.15, 0.2) is 0 Å². The Morgan fingerprint density at radius 3 is 3.05 bits per heavy atom. The van der Waals surface area contributed by atoms with Gasteiger partial charge >= 0.3 is 0 Å². The number of thiophene rings is 1. The van der Waals surface area contributed by atoms with Crippen molar-refractivity contribution in [1.29, 1.82) is 0 Å². The second-order valence-corrected chi connectivity index (χ2v) is 6.06. The van der Waals surface area contributed by atoms with Crippen LogP contribution in [-0.2, 0) is 16.1 Å². The standard InChI is InChI=1S/C14H23N3O2S/c1-16(9-13-7-15-4-5-19-13)10-14(18)17(2)8-12-3-6-20-11-12/h3,6,11,13,15H,4-5,7-10H2,1-2H3. The minimum absolute atomic E-state index is 0.141. The highest BCUT2D eigenvalue weighted by Gasteiger charge is 2.18. The molecule has 0 aromatic carbocycles. The lowest BCUT2D eigenvalue weighted by Crippen LogP contribution is -2.46. The van der Waals surface area contributed by atoms with Crippen molar-refractivity contribution in [3.8, 4) is 0 Å².